The summed E-state index contributed by atoms with van der Waals surface area (Å²) in [7, 11) is 0. The molecule has 3 fully saturated rings. The van der Waals surface area contributed by atoms with Crippen LogP contribution < -0.4 is 28.7 Å². The molecule has 2 saturated heterocycles. The number of ketones is 1. The van der Waals surface area contributed by atoms with Gasteiger partial charge in [-0.25, -0.2) is 78.0 Å². The van der Waals surface area contributed by atoms with Crippen LogP contribution in [0.15, 0.2) is 177 Å². The van der Waals surface area contributed by atoms with Gasteiger partial charge in [0.15, 0.2) is 5.78 Å². The summed E-state index contributed by atoms with van der Waals surface area (Å²) in [5.41, 5.74) is 47.8. The first kappa shape index (κ1) is 100. The molecule has 5 aromatic carbocycles. The lowest BCUT2D eigenvalue weighted by atomic mass is 10.1. The van der Waals surface area contributed by atoms with Crippen LogP contribution >= 0.6 is 0 Å². The number of para-hydroxylation sites is 5. The van der Waals surface area contributed by atoms with E-state index in [9.17, 15) is 29.4 Å². The molecule has 0 radical (unpaired) electrons. The Morgan fingerprint density at radius 2 is 0.787 bits per heavy atom. The largest absolute Gasteiger partial charge is 0.480 e. The first-order valence-corrected chi connectivity index (χ1v) is 48.4. The number of amides is 2. The molecule has 1 aliphatic carbocycles. The quantitative estimate of drug-likeness (QED) is 0.0215. The van der Waals surface area contributed by atoms with Crippen molar-refractivity contribution in [2.45, 2.75) is 164 Å². The fourth-order valence-electron chi connectivity index (χ4n) is 17.3. The van der Waals surface area contributed by atoms with Crippen molar-refractivity contribution < 1.29 is 39.2 Å². The smallest absolute Gasteiger partial charge is 0.328 e. The number of nitrogen functional groups attached to an aromatic ring is 5. The highest BCUT2D eigenvalue weighted by Crippen LogP contribution is 2.40. The Morgan fingerprint density at radius 3 is 1.13 bits per heavy atom. The lowest BCUT2D eigenvalue weighted by Gasteiger charge is -2.26. The van der Waals surface area contributed by atoms with E-state index in [-0.39, 0.29) is 60.5 Å². The maximum Gasteiger partial charge on any atom is 0.328 e. The van der Waals surface area contributed by atoms with Crippen LogP contribution in [0.5, 0.6) is 0 Å². The van der Waals surface area contributed by atoms with Gasteiger partial charge in [-0.1, -0.05) is 117 Å². The van der Waals surface area contributed by atoms with Gasteiger partial charge in [0.1, 0.15) is 75.2 Å². The van der Waals surface area contributed by atoms with E-state index in [4.69, 9.17) is 38.5 Å². The summed E-state index contributed by atoms with van der Waals surface area (Å²) in [6, 6.07) is 37.9. The SMILES string of the molecule is Cc1cccc2c(-c3cn(Cc4cc(C(C)(C)O)n[nH]4)nn3)nc(N)nc12.Cc1cccc2c(-c3cn(Cc4ccn(C(C)C(=O)O)n4)nn3)nc(N)nc12.Cc1cccc2c(-c3cn(Cc4ccn(CC(=O)CCC5(O)CC5)n4)nn3)nc(N)nc12.Cc1cccc2c(-c3cn(Cc4ccn(CCN5CCCC5=O)n4)nn3)nc(N)nc12.Cc1cccc2c(-c3cn(Cc4ccn(CCN5CCOCC5=O)n4)nn3)nc(N)nc12. The van der Waals surface area contributed by atoms with Gasteiger partial charge < -0.3 is 58.5 Å². The number of hydrogen-bond donors (Lipinski definition) is 9. The fraction of sp³-hybridized carbons (Fsp3) is 0.310. The molecule has 23 rings (SSSR count). The molecule has 17 heterocycles. The fourth-order valence-corrected chi connectivity index (χ4v) is 17.3. The van der Waals surface area contributed by atoms with Crippen LogP contribution in [-0.4, -0.2) is 268 Å². The number of aromatic amines is 1. The summed E-state index contributed by atoms with van der Waals surface area (Å²) in [6.07, 6.45) is 20.3. The molecular weight excluding hydrogens is 1920 g/mol. The van der Waals surface area contributed by atoms with E-state index < -0.39 is 23.2 Å². The van der Waals surface area contributed by atoms with E-state index >= 15 is 0 Å². The van der Waals surface area contributed by atoms with Crippen molar-refractivity contribution in [3.8, 4) is 56.9 Å². The Morgan fingerprint density at radius 1 is 0.440 bits per heavy atom. The van der Waals surface area contributed by atoms with Gasteiger partial charge in [0.05, 0.1) is 157 Å². The summed E-state index contributed by atoms with van der Waals surface area (Å²) < 4.78 is 20.3. The Balaban J connectivity index is 0.000000118. The van der Waals surface area contributed by atoms with Crippen LogP contribution in [0.1, 0.15) is 127 Å². The highest BCUT2D eigenvalue weighted by Gasteiger charge is 2.40. The summed E-state index contributed by atoms with van der Waals surface area (Å²) >= 11 is 0. The first-order chi connectivity index (χ1) is 72.2. The lowest BCUT2D eigenvalue weighted by molar-refractivity contribution is -0.143. The number of nitrogens with zero attached hydrogens (tertiary/aromatic N) is 36. The van der Waals surface area contributed by atoms with Crippen LogP contribution in [0.2, 0.25) is 0 Å². The minimum Gasteiger partial charge on any atom is -0.480 e. The number of carboxylic acid groups (broad SMARTS) is 1. The molecule has 20 aromatic rings. The van der Waals surface area contributed by atoms with Gasteiger partial charge in [-0.2, -0.15) is 25.5 Å². The molecule has 15 aromatic heterocycles. The maximum atomic E-state index is 12.2. The number of nitrogens with one attached hydrogen (secondary N) is 1. The molecular formula is C100H108N42O8. The number of carbonyl (C=O) groups is 4. The van der Waals surface area contributed by atoms with Crippen molar-refractivity contribution in [3.05, 3.63) is 239 Å². The number of nitrogens with two attached hydrogens (primary N) is 5. The van der Waals surface area contributed by atoms with Gasteiger partial charge in [-0.05, 0) is 139 Å². The standard InChI is InChI=1S/C22H24N8O2.C21H23N9O2.C21H23N9O.C18H18N8O2.C18H20N8O/c1-14-3-2-4-17-19(14)24-21(23)25-20(17)18-13-30(28-26-18)11-15-6-10-29(27-15)12-16(31)5-7-22(32)8-9-22;1-14-3-2-4-16-19(14)23-21(22)24-20(16)17-12-30(27-25-17)11-15-5-6-29(26-15)8-7-28-9-10-32-13-18(28)31;1-14-4-2-5-16-19(14)23-21(22)24-20(16)17-13-30(27-25-17)12-15-7-9-29(26-15)11-10-28-8-3-6-18(28)31;1-10-4-3-5-13-15(10)20-18(19)21-16(13)14-9-25(24-22-14)8-12-6-7-26(23-12)11(2)17(27)28;1-10-5-4-6-12-15(10)20-17(19)21-16(12)13-9-26(25-23-13)8-11-7-14(24-22-11)18(2,3)27/h2-4,6,10,13,32H,5,7-9,11-12H2,1H3,(H2,23,24,25);2-6,12H,7-11,13H2,1H3,(H2,22,23,24);2,4-5,7,9,13H,3,6,8,10-12H2,1H3,(H2,22,23,24);3-7,9,11H,8H2,1-2H3,(H,27,28)(H2,19,20,21);4-7,9,27H,8H2,1-3H3,(H,22,24)(H2,19,20,21). The number of fused-ring (bicyclic) bond motifs is 5. The average Bonchev–Trinajstić information content (AvgIpc) is 1.70. The molecule has 0 bridgehead atoms. The zero-order valence-electron chi connectivity index (χ0n) is 83.3. The number of likely N-dealkylation sites (tertiary alicyclic amines) is 1. The van der Waals surface area contributed by atoms with E-state index in [2.05, 4.69) is 132 Å². The molecule has 50 nitrogen and oxygen atoms in total. The second-order valence-corrected chi connectivity index (χ2v) is 37.5. The number of ether oxygens (including phenoxy) is 1. The van der Waals surface area contributed by atoms with E-state index in [1.165, 1.54) is 4.68 Å². The number of benzene rings is 5. The van der Waals surface area contributed by atoms with Gasteiger partial charge in [0, 0.05) is 90.7 Å². The van der Waals surface area contributed by atoms with E-state index in [0.717, 1.165) is 131 Å². The number of H-pyrrole nitrogens is 1. The Hall–Kier alpha value is -18.5. The second-order valence-electron chi connectivity index (χ2n) is 37.5. The monoisotopic (exact) mass is 2020 g/mol. The number of hydrogen-bond acceptors (Lipinski definition) is 37. The summed E-state index contributed by atoms with van der Waals surface area (Å²) in [5.74, 6) is 0.344. The second kappa shape index (κ2) is 43.0. The predicted octanol–water partition coefficient (Wildman–Crippen LogP) is 7.87. The van der Waals surface area contributed by atoms with Gasteiger partial charge >= 0.3 is 5.97 Å². The molecule has 14 N–H and O–H groups in total. The third-order valence-corrected chi connectivity index (χ3v) is 25.5. The number of anilines is 5. The molecule has 50 heteroatoms. The number of aromatic nitrogens is 35. The number of carboxylic acids is 1. The van der Waals surface area contributed by atoms with Crippen LogP contribution in [0.3, 0.4) is 0 Å². The minimum atomic E-state index is -1.00. The van der Waals surface area contributed by atoms with Crippen molar-refractivity contribution in [3.63, 3.8) is 0 Å². The van der Waals surface area contributed by atoms with E-state index in [0.29, 0.717) is 160 Å². The molecule has 2 amide bonds. The highest BCUT2D eigenvalue weighted by atomic mass is 16.5. The molecule has 766 valence electrons. The molecule has 3 aliphatic rings. The third-order valence-electron chi connectivity index (χ3n) is 25.5. The number of aliphatic hydroxyl groups is 2. The van der Waals surface area contributed by atoms with E-state index in [1.54, 1.807) is 90.8 Å². The zero-order chi connectivity index (χ0) is 105. The number of rotatable bonds is 29. The van der Waals surface area contributed by atoms with Crippen LogP contribution in [0.25, 0.3) is 111 Å². The molecule has 1 saturated carbocycles. The van der Waals surface area contributed by atoms with Crippen molar-refractivity contribution in [2.24, 2.45) is 0 Å². The Kier molecular flexibility index (Phi) is 28.8. The lowest BCUT2D eigenvalue weighted by Crippen LogP contribution is -2.43. The highest BCUT2D eigenvalue weighted by molar-refractivity contribution is 5.98. The summed E-state index contributed by atoms with van der Waals surface area (Å²) in [5, 5.41) is 101. The number of aryl methyl sites for hydroxylation is 5. The summed E-state index contributed by atoms with van der Waals surface area (Å²) in [4.78, 5) is 94.1. The van der Waals surface area contributed by atoms with Crippen molar-refractivity contribution in [1.82, 2.24) is 184 Å². The molecule has 1 atom stereocenters. The van der Waals surface area contributed by atoms with Gasteiger partial charge in [-0.15, -0.1) is 25.5 Å². The van der Waals surface area contributed by atoms with Crippen molar-refractivity contribution >= 4 is 108 Å². The normalized spacial score (nSPS) is 13.6. The molecule has 0 spiro atoms. The maximum absolute atomic E-state index is 12.2. The van der Waals surface area contributed by atoms with Gasteiger partial charge in [0.2, 0.25) is 41.6 Å². The van der Waals surface area contributed by atoms with Crippen LogP contribution in [0, 0.1) is 34.6 Å². The third kappa shape index (κ3) is 23.5. The number of aliphatic carboxylic acids is 1. The molecule has 1 unspecified atom stereocenters. The number of Topliss-reactive ketones (excluding diaryl/α,β-unsaturated/α-hetero) is 1. The Labute approximate surface area is 854 Å². The molecule has 2 aliphatic heterocycles. The van der Waals surface area contributed by atoms with Crippen molar-refractivity contribution in [1.29, 1.82) is 0 Å². The summed E-state index contributed by atoms with van der Waals surface area (Å²) in [6.45, 7) is 22.0. The topological polar surface area (TPSA) is 657 Å². The van der Waals surface area contributed by atoms with Crippen LogP contribution in [-0.2, 0) is 81.9 Å². The molecule has 150 heavy (non-hydrogen) atoms. The first-order valence-electron chi connectivity index (χ1n) is 48.4. The number of morpholine rings is 1. The van der Waals surface area contributed by atoms with Gasteiger partial charge in [0.25, 0.3) is 0 Å². The van der Waals surface area contributed by atoms with Crippen molar-refractivity contribution in [2.75, 3.05) is 68.1 Å². The average molecular weight is 2030 g/mol. The zero-order valence-corrected chi connectivity index (χ0v) is 83.3. The van der Waals surface area contributed by atoms with Crippen LogP contribution in [0.4, 0.5) is 29.7 Å². The number of carbonyl (C=O) groups excluding carboxylic acids is 3. The Bertz CT molecular complexity index is 8370. The predicted molar refractivity (Wildman–Crippen MR) is 551 cm³/mol. The van der Waals surface area contributed by atoms with E-state index in [1.807, 2.05) is 189 Å². The minimum absolute atomic E-state index is 0.0202. The van der Waals surface area contributed by atoms with Gasteiger partial charge in [-0.3, -0.25) is 38.2 Å².